The fraction of sp³-hybridized carbons (Fsp3) is 0.0741. The van der Waals surface area contributed by atoms with Gasteiger partial charge in [-0.3, -0.25) is 9.78 Å². The molecule has 4 aromatic rings. The number of pyridine rings is 1. The number of rotatable bonds is 9. The highest BCUT2D eigenvalue weighted by Crippen LogP contribution is 2.29. The van der Waals surface area contributed by atoms with Crippen LogP contribution in [0.2, 0.25) is 0 Å². The van der Waals surface area contributed by atoms with Crippen LogP contribution in [0.15, 0.2) is 108 Å². The van der Waals surface area contributed by atoms with Crippen LogP contribution in [-0.4, -0.2) is 17.1 Å². The smallest absolute Gasteiger partial charge is 0.271 e. The molecule has 1 aromatic heterocycles. The van der Waals surface area contributed by atoms with Crippen LogP contribution in [-0.2, 0) is 13.2 Å². The molecule has 0 aliphatic heterocycles. The average molecular weight is 437 g/mol. The summed E-state index contributed by atoms with van der Waals surface area (Å²) in [5.74, 6) is 0.920. The average Bonchev–Trinajstić information content (AvgIpc) is 2.88. The lowest BCUT2D eigenvalue weighted by molar-refractivity contribution is 0.0955. The van der Waals surface area contributed by atoms with Gasteiger partial charge in [-0.25, -0.2) is 5.43 Å². The molecule has 3 aromatic carbocycles. The Labute approximate surface area is 192 Å². The molecule has 6 heteroatoms. The molecule has 0 aliphatic carbocycles. The maximum Gasteiger partial charge on any atom is 0.271 e. The van der Waals surface area contributed by atoms with Crippen LogP contribution in [0.5, 0.6) is 11.5 Å². The maximum atomic E-state index is 12.1. The minimum absolute atomic E-state index is 0.308. The van der Waals surface area contributed by atoms with E-state index in [4.69, 9.17) is 9.47 Å². The molecule has 0 unspecified atom stereocenters. The van der Waals surface area contributed by atoms with E-state index in [-0.39, 0.29) is 5.91 Å². The molecular weight excluding hydrogens is 414 g/mol. The quantitative estimate of drug-likeness (QED) is 0.295. The lowest BCUT2D eigenvalue weighted by Crippen LogP contribution is -2.17. The minimum atomic E-state index is -0.308. The fourth-order valence-corrected chi connectivity index (χ4v) is 3.04. The standard InChI is InChI=1S/C27H23N3O3/c31-27(24-13-15-28-16-14-24)30-29-18-23-11-12-25(32-19-21-7-3-1-4-8-21)26(17-23)33-20-22-9-5-2-6-10-22/h1-18H,19-20H2,(H,30,31)/b29-18-. The second-order valence-corrected chi connectivity index (χ2v) is 7.19. The first-order chi connectivity index (χ1) is 16.3. The van der Waals surface area contributed by atoms with Gasteiger partial charge in [-0.1, -0.05) is 60.7 Å². The van der Waals surface area contributed by atoms with Crippen molar-refractivity contribution in [1.29, 1.82) is 0 Å². The third-order valence-corrected chi connectivity index (χ3v) is 4.76. The summed E-state index contributed by atoms with van der Waals surface area (Å²) in [6, 6.07) is 28.7. The third kappa shape index (κ3) is 6.51. The van der Waals surface area contributed by atoms with Crippen molar-refractivity contribution in [3.63, 3.8) is 0 Å². The second-order valence-electron chi connectivity index (χ2n) is 7.19. The van der Waals surface area contributed by atoms with E-state index in [0.717, 1.165) is 16.7 Å². The van der Waals surface area contributed by atoms with E-state index in [1.54, 1.807) is 30.7 Å². The molecule has 4 rings (SSSR count). The lowest BCUT2D eigenvalue weighted by Gasteiger charge is -2.14. The zero-order valence-electron chi connectivity index (χ0n) is 17.9. The Morgan fingerprint density at radius 3 is 2.03 bits per heavy atom. The molecule has 164 valence electrons. The van der Waals surface area contributed by atoms with E-state index < -0.39 is 0 Å². The molecule has 0 bridgehead atoms. The van der Waals surface area contributed by atoms with E-state index >= 15 is 0 Å². The van der Waals surface area contributed by atoms with Crippen molar-refractivity contribution < 1.29 is 14.3 Å². The Balaban J connectivity index is 1.47. The van der Waals surface area contributed by atoms with Gasteiger partial charge in [0.05, 0.1) is 6.21 Å². The first-order valence-electron chi connectivity index (χ1n) is 10.5. The Morgan fingerprint density at radius 2 is 1.39 bits per heavy atom. The molecule has 1 N–H and O–H groups in total. The molecule has 33 heavy (non-hydrogen) atoms. The molecule has 0 spiro atoms. The number of carbonyl (C=O) groups is 1. The Morgan fingerprint density at radius 1 is 0.788 bits per heavy atom. The predicted octanol–water partition coefficient (Wildman–Crippen LogP) is 5.00. The van der Waals surface area contributed by atoms with Crippen LogP contribution in [0.1, 0.15) is 27.0 Å². The number of hydrogen-bond acceptors (Lipinski definition) is 5. The summed E-state index contributed by atoms with van der Waals surface area (Å²) in [6.07, 6.45) is 4.68. The van der Waals surface area contributed by atoms with Crippen molar-refractivity contribution in [1.82, 2.24) is 10.4 Å². The van der Waals surface area contributed by atoms with Gasteiger partial charge in [-0.15, -0.1) is 0 Å². The SMILES string of the molecule is O=C(N/N=C\c1ccc(OCc2ccccc2)c(OCc2ccccc2)c1)c1ccncc1. The number of nitrogens with one attached hydrogen (secondary N) is 1. The molecule has 6 nitrogen and oxygen atoms in total. The van der Waals surface area contributed by atoms with Crippen molar-refractivity contribution in [2.24, 2.45) is 5.10 Å². The van der Waals surface area contributed by atoms with Gasteiger partial charge in [-0.2, -0.15) is 5.10 Å². The van der Waals surface area contributed by atoms with E-state index in [9.17, 15) is 4.79 Å². The van der Waals surface area contributed by atoms with Crippen LogP contribution < -0.4 is 14.9 Å². The summed E-state index contributed by atoms with van der Waals surface area (Å²) in [7, 11) is 0. The largest absolute Gasteiger partial charge is 0.485 e. The molecule has 0 saturated heterocycles. The normalized spacial score (nSPS) is 10.7. The lowest BCUT2D eigenvalue weighted by atomic mass is 10.2. The van der Waals surface area contributed by atoms with E-state index in [0.29, 0.717) is 30.3 Å². The van der Waals surface area contributed by atoms with E-state index in [1.165, 1.54) is 0 Å². The van der Waals surface area contributed by atoms with Gasteiger partial charge in [0, 0.05) is 18.0 Å². The number of hydrogen-bond donors (Lipinski definition) is 1. The Bertz CT molecular complexity index is 1200. The molecule has 0 radical (unpaired) electrons. The van der Waals surface area contributed by atoms with E-state index in [1.807, 2.05) is 78.9 Å². The van der Waals surface area contributed by atoms with Crippen molar-refractivity contribution in [2.75, 3.05) is 0 Å². The minimum Gasteiger partial charge on any atom is -0.485 e. The topological polar surface area (TPSA) is 72.8 Å². The summed E-state index contributed by atoms with van der Waals surface area (Å²) in [6.45, 7) is 0.833. The number of benzene rings is 3. The maximum absolute atomic E-state index is 12.1. The van der Waals surface area contributed by atoms with Gasteiger partial charge in [0.2, 0.25) is 0 Å². The van der Waals surface area contributed by atoms with Crippen LogP contribution in [0, 0.1) is 0 Å². The summed E-state index contributed by atoms with van der Waals surface area (Å²) in [4.78, 5) is 16.0. The predicted molar refractivity (Wildman–Crippen MR) is 127 cm³/mol. The van der Waals surface area contributed by atoms with Crippen molar-refractivity contribution in [3.8, 4) is 11.5 Å². The van der Waals surface area contributed by atoms with Gasteiger partial charge in [0.15, 0.2) is 11.5 Å². The number of carbonyl (C=O) groups excluding carboxylic acids is 1. The molecule has 1 heterocycles. The van der Waals surface area contributed by atoms with Crippen LogP contribution >= 0.6 is 0 Å². The van der Waals surface area contributed by atoms with Gasteiger partial charge in [0.1, 0.15) is 13.2 Å². The van der Waals surface area contributed by atoms with Gasteiger partial charge >= 0.3 is 0 Å². The summed E-state index contributed by atoms with van der Waals surface area (Å²) >= 11 is 0. The Hall–Kier alpha value is -4.45. The molecule has 0 aliphatic rings. The molecular formula is C27H23N3O3. The number of aromatic nitrogens is 1. The second kappa shape index (κ2) is 11.2. The highest BCUT2D eigenvalue weighted by atomic mass is 16.5. The molecule has 0 saturated carbocycles. The Kier molecular flexibility index (Phi) is 7.42. The van der Waals surface area contributed by atoms with Crippen molar-refractivity contribution in [2.45, 2.75) is 13.2 Å². The van der Waals surface area contributed by atoms with Crippen molar-refractivity contribution >= 4 is 12.1 Å². The third-order valence-electron chi connectivity index (χ3n) is 4.76. The van der Waals surface area contributed by atoms with Crippen LogP contribution in [0.4, 0.5) is 0 Å². The van der Waals surface area contributed by atoms with Gasteiger partial charge in [0.25, 0.3) is 5.91 Å². The molecule has 0 atom stereocenters. The summed E-state index contributed by atoms with van der Waals surface area (Å²) in [5.41, 5.74) is 5.88. The number of nitrogens with zero attached hydrogens (tertiary/aromatic N) is 2. The first-order valence-corrected chi connectivity index (χ1v) is 10.5. The highest BCUT2D eigenvalue weighted by Gasteiger charge is 2.08. The molecule has 0 fully saturated rings. The number of ether oxygens (including phenoxy) is 2. The summed E-state index contributed by atoms with van der Waals surface area (Å²) in [5, 5.41) is 4.06. The first kappa shape index (κ1) is 21.8. The number of hydrazone groups is 1. The molecule has 1 amide bonds. The highest BCUT2D eigenvalue weighted by molar-refractivity contribution is 5.94. The van der Waals surface area contributed by atoms with E-state index in [2.05, 4.69) is 15.5 Å². The van der Waals surface area contributed by atoms with Gasteiger partial charge in [-0.05, 0) is 47.0 Å². The van der Waals surface area contributed by atoms with Gasteiger partial charge < -0.3 is 9.47 Å². The van der Waals surface area contributed by atoms with Crippen LogP contribution in [0.3, 0.4) is 0 Å². The zero-order chi connectivity index (χ0) is 22.7. The monoisotopic (exact) mass is 437 g/mol. The summed E-state index contributed by atoms with van der Waals surface area (Å²) < 4.78 is 12.1. The zero-order valence-corrected chi connectivity index (χ0v) is 17.9. The number of amides is 1. The van der Waals surface area contributed by atoms with Crippen LogP contribution in [0.25, 0.3) is 0 Å². The fourth-order valence-electron chi connectivity index (χ4n) is 3.04. The van der Waals surface area contributed by atoms with Crippen molar-refractivity contribution in [3.05, 3.63) is 126 Å².